The Morgan fingerprint density at radius 1 is 0.943 bits per heavy atom. The van der Waals surface area contributed by atoms with Crippen LogP contribution in [0.15, 0.2) is 30.4 Å². The van der Waals surface area contributed by atoms with E-state index < -0.39 is 95.9 Å². The highest BCUT2D eigenvalue weighted by molar-refractivity contribution is 5.98. The number of fused-ring (bicyclic) bond motifs is 2. The number of ether oxygens (including phenoxy) is 1. The van der Waals surface area contributed by atoms with Gasteiger partial charge in [-0.1, -0.05) is 25.8 Å². The first-order chi connectivity index (χ1) is 25.2. The number of halogens is 2. The van der Waals surface area contributed by atoms with E-state index >= 15 is 0 Å². The Labute approximate surface area is 308 Å². The third-order valence-electron chi connectivity index (χ3n) is 9.91. The van der Waals surface area contributed by atoms with Crippen LogP contribution < -0.4 is 16.0 Å². The Bertz CT molecular complexity index is 1570. The van der Waals surface area contributed by atoms with Crippen LogP contribution >= 0.6 is 0 Å². The molecule has 1 aromatic carbocycles. The van der Waals surface area contributed by atoms with Gasteiger partial charge in [0.2, 0.25) is 35.4 Å². The minimum Gasteiger partial charge on any atom is -0.461 e. The lowest BCUT2D eigenvalue weighted by molar-refractivity contribution is -0.158. The quantitative estimate of drug-likeness (QED) is 0.184. The molecule has 6 amide bonds. The standard InChI is InChI=1S/C37H50F2N6O8/c1-5-6-7-8-9-14-31(46)41-27(19-24-17-25(38)20-26(39)18-24)33(48)42-28-21-53-37(52)30-13-11-16-45(30)34(49)22(2)40-32(47)23(3)43(4)36(51)29-12-10-15-44(29)35(28)50/h9,14,17-18,20,22-23,27-30H,5-8,10-13,15-16,19,21H2,1-4H3,(H,40,47)(H,41,46)(H,42,48)/b14-9+/t22-,23-,27-,28-,29-,30-/m0/s1. The average Bonchev–Trinajstić information content (AvgIpc) is 3.81. The van der Waals surface area contributed by atoms with Crippen molar-refractivity contribution in [2.75, 3.05) is 26.7 Å². The monoisotopic (exact) mass is 744 g/mol. The van der Waals surface area contributed by atoms with E-state index in [1.807, 2.05) is 6.92 Å². The molecule has 3 heterocycles. The van der Waals surface area contributed by atoms with Crippen molar-refractivity contribution >= 4 is 41.4 Å². The summed E-state index contributed by atoms with van der Waals surface area (Å²) in [5, 5.41) is 7.73. The van der Waals surface area contributed by atoms with Crippen LogP contribution in [-0.2, 0) is 44.7 Å². The van der Waals surface area contributed by atoms with E-state index in [1.165, 1.54) is 41.7 Å². The van der Waals surface area contributed by atoms with E-state index in [-0.39, 0.29) is 37.9 Å². The van der Waals surface area contributed by atoms with E-state index in [9.17, 15) is 42.3 Å². The lowest BCUT2D eigenvalue weighted by Crippen LogP contribution is -2.60. The van der Waals surface area contributed by atoms with Crippen LogP contribution in [0, 0.1) is 11.6 Å². The molecule has 53 heavy (non-hydrogen) atoms. The number of unbranched alkanes of at least 4 members (excludes halogenated alkanes) is 3. The Hall–Kier alpha value is -4.89. The highest BCUT2D eigenvalue weighted by atomic mass is 19.1. The van der Waals surface area contributed by atoms with Crippen LogP contribution in [0.4, 0.5) is 8.78 Å². The van der Waals surface area contributed by atoms with Gasteiger partial charge in [-0.2, -0.15) is 0 Å². The number of hydrogen-bond acceptors (Lipinski definition) is 8. The third kappa shape index (κ3) is 10.6. The Balaban J connectivity index is 1.65. The van der Waals surface area contributed by atoms with E-state index in [4.69, 9.17) is 4.74 Å². The average molecular weight is 745 g/mol. The number of carbonyl (C=O) groups excluding carboxylic acids is 7. The van der Waals surface area contributed by atoms with Crippen molar-refractivity contribution in [2.24, 2.45) is 0 Å². The minimum absolute atomic E-state index is 0.0530. The van der Waals surface area contributed by atoms with Gasteiger partial charge in [0, 0.05) is 32.6 Å². The summed E-state index contributed by atoms with van der Waals surface area (Å²) in [5.41, 5.74) is 0.0530. The van der Waals surface area contributed by atoms with Crippen LogP contribution in [-0.4, -0.2) is 119 Å². The van der Waals surface area contributed by atoms with Crippen molar-refractivity contribution in [3.8, 4) is 0 Å². The Kier molecular flexibility index (Phi) is 14.5. The first kappa shape index (κ1) is 40.9. The number of amides is 6. The van der Waals surface area contributed by atoms with Crippen molar-refractivity contribution in [2.45, 2.75) is 115 Å². The number of likely N-dealkylation sites (N-methyl/N-ethyl adjacent to an activating group) is 1. The molecule has 0 saturated carbocycles. The zero-order valence-corrected chi connectivity index (χ0v) is 30.7. The summed E-state index contributed by atoms with van der Waals surface area (Å²) < 4.78 is 33.9. The maximum Gasteiger partial charge on any atom is 0.328 e. The Morgan fingerprint density at radius 3 is 2.25 bits per heavy atom. The van der Waals surface area contributed by atoms with Gasteiger partial charge in [0.15, 0.2) is 0 Å². The van der Waals surface area contributed by atoms with Crippen LogP contribution in [0.3, 0.4) is 0 Å². The number of nitrogens with one attached hydrogen (secondary N) is 3. The molecule has 0 spiro atoms. The number of benzene rings is 1. The van der Waals surface area contributed by atoms with E-state index in [1.54, 1.807) is 6.08 Å². The zero-order chi connectivity index (χ0) is 38.8. The van der Waals surface area contributed by atoms with Gasteiger partial charge in [-0.3, -0.25) is 28.8 Å². The first-order valence-electron chi connectivity index (χ1n) is 18.3. The van der Waals surface area contributed by atoms with Crippen molar-refractivity contribution in [1.29, 1.82) is 0 Å². The van der Waals surface area contributed by atoms with Crippen molar-refractivity contribution in [3.63, 3.8) is 0 Å². The normalized spacial score (nSPS) is 25.2. The second kappa shape index (κ2) is 18.7. The molecule has 1 aromatic rings. The molecule has 6 atom stereocenters. The summed E-state index contributed by atoms with van der Waals surface area (Å²) in [6.45, 7) is 4.68. The minimum atomic E-state index is -1.56. The zero-order valence-electron chi connectivity index (χ0n) is 30.7. The second-order valence-corrected chi connectivity index (χ2v) is 13.9. The highest BCUT2D eigenvalue weighted by Crippen LogP contribution is 2.23. The molecule has 0 aromatic heterocycles. The molecule has 3 aliphatic heterocycles. The van der Waals surface area contributed by atoms with Gasteiger partial charge < -0.3 is 35.4 Å². The largest absolute Gasteiger partial charge is 0.461 e. The molecule has 3 saturated heterocycles. The van der Waals surface area contributed by atoms with E-state index in [0.717, 1.165) is 31.4 Å². The predicted molar refractivity (Wildman–Crippen MR) is 187 cm³/mol. The maximum atomic E-state index is 14.2. The molecule has 4 rings (SSSR count). The van der Waals surface area contributed by atoms with E-state index in [0.29, 0.717) is 25.3 Å². The number of esters is 1. The number of carbonyl (C=O) groups is 7. The summed E-state index contributed by atoms with van der Waals surface area (Å²) in [6.07, 6.45) is 7.38. The summed E-state index contributed by atoms with van der Waals surface area (Å²) in [6, 6.07) is -4.35. The molecule has 3 N–H and O–H groups in total. The van der Waals surface area contributed by atoms with Crippen LogP contribution in [0.5, 0.6) is 0 Å². The molecule has 3 aliphatic rings. The summed E-state index contributed by atoms with van der Waals surface area (Å²) >= 11 is 0. The predicted octanol–water partition coefficient (Wildman–Crippen LogP) is 1.50. The molecule has 16 heteroatoms. The molecule has 0 aliphatic carbocycles. The number of hydrogen-bond donors (Lipinski definition) is 3. The van der Waals surface area contributed by atoms with Crippen molar-refractivity contribution in [1.82, 2.24) is 30.7 Å². The Morgan fingerprint density at radius 2 is 1.58 bits per heavy atom. The fourth-order valence-corrected chi connectivity index (χ4v) is 6.81. The number of cyclic esters (lactones) is 1. The van der Waals surface area contributed by atoms with Gasteiger partial charge >= 0.3 is 5.97 Å². The van der Waals surface area contributed by atoms with Crippen LogP contribution in [0.25, 0.3) is 0 Å². The number of rotatable bonds is 10. The molecule has 0 radical (unpaired) electrons. The SMILES string of the molecule is CCCCC/C=C/C(=O)N[C@@H](Cc1cc(F)cc(F)c1)C(=O)N[C@H]1COC(=O)[C@@H]2CCCN2C(=O)[C@H](C)NC(=O)[C@H](C)N(C)C(=O)[C@@H]2CCCN2C1=O. The second-order valence-electron chi connectivity index (χ2n) is 13.9. The molecular formula is C37H50F2N6O8. The lowest BCUT2D eigenvalue weighted by Gasteiger charge is -2.34. The molecular weight excluding hydrogens is 694 g/mol. The molecule has 0 unspecified atom stereocenters. The van der Waals surface area contributed by atoms with Gasteiger partial charge in [-0.05, 0) is 76.1 Å². The van der Waals surface area contributed by atoms with Gasteiger partial charge in [-0.15, -0.1) is 0 Å². The summed E-state index contributed by atoms with van der Waals surface area (Å²) in [7, 11) is 1.42. The third-order valence-corrected chi connectivity index (χ3v) is 9.91. The maximum absolute atomic E-state index is 14.2. The van der Waals surface area contributed by atoms with Gasteiger partial charge in [-0.25, -0.2) is 13.6 Å². The first-order valence-corrected chi connectivity index (χ1v) is 18.3. The highest BCUT2D eigenvalue weighted by Gasteiger charge is 2.43. The fraction of sp³-hybridized carbons (Fsp3) is 0.595. The summed E-state index contributed by atoms with van der Waals surface area (Å²) in [4.78, 5) is 98.5. The molecule has 3 fully saturated rings. The molecule has 290 valence electrons. The topological polar surface area (TPSA) is 175 Å². The van der Waals surface area contributed by atoms with Gasteiger partial charge in [0.05, 0.1) is 0 Å². The van der Waals surface area contributed by atoms with Crippen LogP contribution in [0.1, 0.15) is 77.7 Å². The molecule has 14 nitrogen and oxygen atoms in total. The van der Waals surface area contributed by atoms with Crippen LogP contribution in [0.2, 0.25) is 0 Å². The van der Waals surface area contributed by atoms with Crippen molar-refractivity contribution < 1.29 is 47.1 Å². The number of nitrogens with zero attached hydrogens (tertiary/aromatic N) is 3. The van der Waals surface area contributed by atoms with E-state index in [2.05, 4.69) is 16.0 Å². The van der Waals surface area contributed by atoms with Gasteiger partial charge in [0.25, 0.3) is 0 Å². The van der Waals surface area contributed by atoms with Gasteiger partial charge in [0.1, 0.15) is 54.5 Å². The summed E-state index contributed by atoms with van der Waals surface area (Å²) in [5.74, 6) is -6.61. The smallest absolute Gasteiger partial charge is 0.328 e. The number of allylic oxidation sites excluding steroid dienone is 1. The van der Waals surface area contributed by atoms with Crippen molar-refractivity contribution in [3.05, 3.63) is 47.5 Å². The lowest BCUT2D eigenvalue weighted by atomic mass is 10.0. The molecule has 0 bridgehead atoms. The fourth-order valence-electron chi connectivity index (χ4n) is 6.81.